The fourth-order valence-corrected chi connectivity index (χ4v) is 4.34. The van der Waals surface area contributed by atoms with E-state index in [9.17, 15) is 4.79 Å². The van der Waals surface area contributed by atoms with Crippen LogP contribution in [0.2, 0.25) is 0 Å². The maximum atomic E-state index is 12.8. The third kappa shape index (κ3) is 3.05. The van der Waals surface area contributed by atoms with Gasteiger partial charge in [0.1, 0.15) is 5.69 Å². The van der Waals surface area contributed by atoms with E-state index in [2.05, 4.69) is 15.2 Å². The first-order valence-corrected chi connectivity index (χ1v) is 8.85. The van der Waals surface area contributed by atoms with Crippen LogP contribution in [0, 0.1) is 11.8 Å². The summed E-state index contributed by atoms with van der Waals surface area (Å²) in [5.74, 6) is 0.919. The van der Waals surface area contributed by atoms with Crippen molar-refractivity contribution in [2.75, 3.05) is 39.4 Å². The second kappa shape index (κ2) is 6.78. The van der Waals surface area contributed by atoms with E-state index < -0.39 is 0 Å². The number of fused-ring (bicyclic) bond motifs is 3. The molecule has 1 amide bonds. The van der Waals surface area contributed by atoms with Crippen molar-refractivity contribution in [2.24, 2.45) is 11.8 Å². The number of aliphatic hydroxyl groups excluding tert-OH is 1. The summed E-state index contributed by atoms with van der Waals surface area (Å²) in [6.07, 6.45) is 3.95. The van der Waals surface area contributed by atoms with E-state index in [1.165, 1.54) is 0 Å². The standard InChI is InChI=1S/C16H25N5O3/c22-11-13-8-21(18-17-13)9-14-7-12-1-2-20(14)10-15(12)16(23)19-3-5-24-6-4-19/h8,12,14-15,22H,1-7,9-11H2/t12?,14-,15+/m1/s1. The molecule has 0 aliphatic carbocycles. The van der Waals surface area contributed by atoms with E-state index in [0.29, 0.717) is 36.8 Å². The van der Waals surface area contributed by atoms with Crippen LogP contribution in [0.3, 0.4) is 0 Å². The predicted octanol–water partition coefficient (Wildman–Crippen LogP) is -0.660. The zero-order chi connectivity index (χ0) is 16.5. The summed E-state index contributed by atoms with van der Waals surface area (Å²) in [6.45, 7) is 5.40. The fraction of sp³-hybridized carbons (Fsp3) is 0.812. The summed E-state index contributed by atoms with van der Waals surface area (Å²) < 4.78 is 7.17. The van der Waals surface area contributed by atoms with Crippen LogP contribution in [-0.2, 0) is 22.7 Å². The molecule has 5 rings (SSSR count). The van der Waals surface area contributed by atoms with Gasteiger partial charge in [0.2, 0.25) is 5.91 Å². The smallest absolute Gasteiger partial charge is 0.227 e. The Kier molecular flexibility index (Phi) is 4.51. The molecule has 1 aromatic rings. The van der Waals surface area contributed by atoms with Gasteiger partial charge in [-0.05, 0) is 25.3 Å². The lowest BCUT2D eigenvalue weighted by atomic mass is 9.75. The van der Waals surface area contributed by atoms with Crippen molar-refractivity contribution in [3.63, 3.8) is 0 Å². The van der Waals surface area contributed by atoms with Crippen molar-refractivity contribution in [3.05, 3.63) is 11.9 Å². The van der Waals surface area contributed by atoms with Gasteiger partial charge in [-0.3, -0.25) is 14.4 Å². The van der Waals surface area contributed by atoms with Gasteiger partial charge in [-0.2, -0.15) is 0 Å². The quantitative estimate of drug-likeness (QED) is 0.786. The number of morpholine rings is 1. The Labute approximate surface area is 141 Å². The number of rotatable bonds is 4. The highest BCUT2D eigenvalue weighted by Gasteiger charge is 2.44. The van der Waals surface area contributed by atoms with Gasteiger partial charge >= 0.3 is 0 Å². The molecule has 0 spiro atoms. The summed E-state index contributed by atoms with van der Waals surface area (Å²) in [5.41, 5.74) is 0.603. The molecule has 0 aromatic carbocycles. The van der Waals surface area contributed by atoms with Crippen LogP contribution in [0.25, 0.3) is 0 Å². The second-order valence-electron chi connectivity index (χ2n) is 7.07. The largest absolute Gasteiger partial charge is 0.390 e. The molecule has 1 N–H and O–H groups in total. The predicted molar refractivity (Wildman–Crippen MR) is 84.9 cm³/mol. The summed E-state index contributed by atoms with van der Waals surface area (Å²) >= 11 is 0. The summed E-state index contributed by atoms with van der Waals surface area (Å²) in [4.78, 5) is 17.3. The van der Waals surface area contributed by atoms with Crippen LogP contribution in [0.15, 0.2) is 6.20 Å². The van der Waals surface area contributed by atoms with Crippen molar-refractivity contribution in [1.82, 2.24) is 24.8 Å². The Morgan fingerprint density at radius 3 is 2.83 bits per heavy atom. The first kappa shape index (κ1) is 16.0. The zero-order valence-electron chi connectivity index (χ0n) is 13.9. The number of amides is 1. The number of hydrogen-bond donors (Lipinski definition) is 1. The molecule has 4 atom stereocenters. The molecule has 1 aromatic heterocycles. The van der Waals surface area contributed by atoms with Crippen LogP contribution in [0.4, 0.5) is 0 Å². The minimum absolute atomic E-state index is 0.0763. The lowest BCUT2D eigenvalue weighted by molar-refractivity contribution is -0.148. The first-order chi connectivity index (χ1) is 11.7. The molecule has 4 aliphatic heterocycles. The Morgan fingerprint density at radius 1 is 1.33 bits per heavy atom. The van der Waals surface area contributed by atoms with Crippen LogP contribution in [0.1, 0.15) is 18.5 Å². The van der Waals surface area contributed by atoms with E-state index in [4.69, 9.17) is 9.84 Å². The van der Waals surface area contributed by atoms with E-state index in [-0.39, 0.29) is 12.5 Å². The second-order valence-corrected chi connectivity index (χ2v) is 7.07. The fourth-order valence-electron chi connectivity index (χ4n) is 4.34. The summed E-state index contributed by atoms with van der Waals surface area (Å²) in [6, 6.07) is 0.408. The van der Waals surface area contributed by atoms with E-state index in [0.717, 1.165) is 45.6 Å². The molecule has 8 nitrogen and oxygen atoms in total. The molecule has 4 aliphatic rings. The van der Waals surface area contributed by atoms with Crippen molar-refractivity contribution < 1.29 is 14.6 Å². The third-order valence-electron chi connectivity index (χ3n) is 5.66. The maximum Gasteiger partial charge on any atom is 0.227 e. The van der Waals surface area contributed by atoms with Gasteiger partial charge in [-0.15, -0.1) is 5.10 Å². The van der Waals surface area contributed by atoms with Crippen molar-refractivity contribution in [1.29, 1.82) is 0 Å². The molecule has 4 fully saturated rings. The summed E-state index contributed by atoms with van der Waals surface area (Å²) in [5, 5.41) is 17.1. The van der Waals surface area contributed by atoms with Gasteiger partial charge in [0.15, 0.2) is 0 Å². The average Bonchev–Trinajstić information content (AvgIpc) is 3.10. The number of carbonyl (C=O) groups is 1. The molecule has 8 heteroatoms. The Balaban J connectivity index is 1.39. The molecule has 132 valence electrons. The molecular formula is C16H25N5O3. The molecule has 2 unspecified atom stereocenters. The van der Waals surface area contributed by atoms with Gasteiger partial charge in [0.25, 0.3) is 0 Å². The number of aliphatic hydroxyl groups is 1. The first-order valence-electron chi connectivity index (χ1n) is 8.85. The van der Waals surface area contributed by atoms with Crippen LogP contribution in [0.5, 0.6) is 0 Å². The maximum absolute atomic E-state index is 12.8. The lowest BCUT2D eigenvalue weighted by Gasteiger charge is -2.50. The summed E-state index contributed by atoms with van der Waals surface area (Å²) in [7, 11) is 0. The number of ether oxygens (including phenoxy) is 1. The SMILES string of the molecule is O=C([C@H]1CN2CCC1C[C@@H]2Cn1cc(CO)nn1)N1CCOCC1. The van der Waals surface area contributed by atoms with Crippen LogP contribution in [-0.4, -0.2) is 81.2 Å². The lowest BCUT2D eigenvalue weighted by Crippen LogP contribution is -2.59. The molecule has 0 radical (unpaired) electrons. The Morgan fingerprint density at radius 2 is 2.17 bits per heavy atom. The number of aromatic nitrogens is 3. The molecule has 4 saturated heterocycles. The minimum Gasteiger partial charge on any atom is -0.390 e. The monoisotopic (exact) mass is 335 g/mol. The number of piperidine rings is 3. The molecular weight excluding hydrogens is 310 g/mol. The average molecular weight is 335 g/mol. The van der Waals surface area contributed by atoms with E-state index in [1.807, 2.05) is 9.58 Å². The topological polar surface area (TPSA) is 83.7 Å². The van der Waals surface area contributed by atoms with Crippen molar-refractivity contribution >= 4 is 5.91 Å². The van der Waals surface area contributed by atoms with E-state index in [1.54, 1.807) is 6.20 Å². The Bertz CT molecular complexity index is 586. The highest BCUT2D eigenvalue weighted by atomic mass is 16.5. The van der Waals surface area contributed by atoms with Crippen molar-refractivity contribution in [2.45, 2.75) is 32.0 Å². The zero-order valence-corrected chi connectivity index (χ0v) is 13.9. The molecule has 0 saturated carbocycles. The Hall–Kier alpha value is -1.51. The normalized spacial score (nSPS) is 33.0. The highest BCUT2D eigenvalue weighted by molar-refractivity contribution is 5.79. The number of hydrogen-bond acceptors (Lipinski definition) is 6. The van der Waals surface area contributed by atoms with Crippen molar-refractivity contribution in [3.8, 4) is 0 Å². The van der Waals surface area contributed by atoms with Gasteiger partial charge in [0.05, 0.1) is 38.5 Å². The molecule has 5 heterocycles. The van der Waals surface area contributed by atoms with Gasteiger partial charge in [-0.1, -0.05) is 5.21 Å². The third-order valence-corrected chi connectivity index (χ3v) is 5.66. The van der Waals surface area contributed by atoms with Gasteiger partial charge < -0.3 is 14.7 Å². The number of carbonyl (C=O) groups excluding carboxylic acids is 1. The number of nitrogens with zero attached hydrogens (tertiary/aromatic N) is 5. The van der Waals surface area contributed by atoms with Crippen LogP contribution < -0.4 is 0 Å². The molecule has 2 bridgehead atoms. The van der Waals surface area contributed by atoms with Crippen LogP contribution >= 0.6 is 0 Å². The highest BCUT2D eigenvalue weighted by Crippen LogP contribution is 2.37. The minimum atomic E-state index is -0.0763. The molecule has 24 heavy (non-hydrogen) atoms. The van der Waals surface area contributed by atoms with Gasteiger partial charge in [-0.25, -0.2) is 0 Å². The van der Waals surface area contributed by atoms with Gasteiger partial charge in [0, 0.05) is 25.7 Å². The van der Waals surface area contributed by atoms with E-state index >= 15 is 0 Å².